The van der Waals surface area contributed by atoms with Crippen LogP contribution in [-0.2, 0) is 0 Å². The quantitative estimate of drug-likeness (QED) is 0.684. The average Bonchev–Trinajstić information content (AvgIpc) is 2.88. The van der Waals surface area contributed by atoms with Crippen molar-refractivity contribution in [2.45, 2.75) is 26.2 Å². The molecule has 0 atom stereocenters. The molecule has 0 radical (unpaired) electrons. The molecule has 0 aromatic heterocycles. The summed E-state index contributed by atoms with van der Waals surface area (Å²) < 4.78 is 5.64. The largest absolute Gasteiger partial charge is 0.494 e. The molecule has 1 aromatic rings. The molecule has 0 bridgehead atoms. The molecule has 1 heteroatoms. The van der Waals surface area contributed by atoms with Crippen LogP contribution in [-0.4, -0.2) is 6.61 Å². The minimum Gasteiger partial charge on any atom is -0.494 e. The van der Waals surface area contributed by atoms with Crippen molar-refractivity contribution in [3.8, 4) is 5.75 Å². The number of aryl methyl sites for hydroxylation is 1. The minimum atomic E-state index is 0.883. The summed E-state index contributed by atoms with van der Waals surface area (Å²) in [5.41, 5.74) is 1.27. The molecule has 1 aliphatic carbocycles. The number of ether oxygens (including phenoxy) is 1. The van der Waals surface area contributed by atoms with Crippen LogP contribution in [0, 0.1) is 12.8 Å². The highest BCUT2D eigenvalue weighted by atomic mass is 16.5. The van der Waals surface area contributed by atoms with Crippen LogP contribution in [0.1, 0.15) is 24.8 Å². The fraction of sp³-hybridized carbons (Fsp3) is 0.500. The van der Waals surface area contributed by atoms with Gasteiger partial charge >= 0.3 is 0 Å². The van der Waals surface area contributed by atoms with E-state index in [9.17, 15) is 0 Å². The molecule has 1 fully saturated rings. The molecule has 2 rings (SSSR count). The normalized spacial score (nSPS) is 15.8. The molecule has 0 aliphatic heterocycles. The Balaban J connectivity index is 1.79. The summed E-state index contributed by atoms with van der Waals surface area (Å²) in [6.45, 7) is 2.97. The van der Waals surface area contributed by atoms with Gasteiger partial charge in [-0.3, -0.25) is 0 Å². The molecule has 0 spiro atoms. The van der Waals surface area contributed by atoms with E-state index in [1.54, 1.807) is 0 Å². The zero-order chi connectivity index (χ0) is 9.10. The Morgan fingerprint density at radius 3 is 2.92 bits per heavy atom. The first-order chi connectivity index (χ1) is 6.34. The van der Waals surface area contributed by atoms with Crippen molar-refractivity contribution in [2.75, 3.05) is 6.61 Å². The van der Waals surface area contributed by atoms with Gasteiger partial charge in [0.05, 0.1) is 6.61 Å². The van der Waals surface area contributed by atoms with Crippen molar-refractivity contribution in [1.82, 2.24) is 0 Å². The van der Waals surface area contributed by atoms with Gasteiger partial charge in [-0.15, -0.1) is 0 Å². The van der Waals surface area contributed by atoms with Gasteiger partial charge in [-0.1, -0.05) is 25.0 Å². The van der Waals surface area contributed by atoms with E-state index in [0.29, 0.717) is 0 Å². The highest BCUT2D eigenvalue weighted by Gasteiger charge is 2.20. The Labute approximate surface area is 79.7 Å². The van der Waals surface area contributed by atoms with Crippen molar-refractivity contribution in [2.24, 2.45) is 5.92 Å². The van der Waals surface area contributed by atoms with Crippen LogP contribution >= 0.6 is 0 Å². The molecule has 1 nitrogen and oxygen atoms in total. The Bertz CT molecular complexity index is 276. The van der Waals surface area contributed by atoms with Crippen LogP contribution in [0.2, 0.25) is 0 Å². The van der Waals surface area contributed by atoms with E-state index in [4.69, 9.17) is 4.74 Å². The molecule has 1 aromatic carbocycles. The van der Waals surface area contributed by atoms with Crippen LogP contribution < -0.4 is 4.74 Å². The smallest absolute Gasteiger partial charge is 0.119 e. The lowest BCUT2D eigenvalue weighted by Crippen LogP contribution is -1.97. The molecule has 0 unspecified atom stereocenters. The summed E-state index contributed by atoms with van der Waals surface area (Å²) in [5, 5.41) is 0. The van der Waals surface area contributed by atoms with Gasteiger partial charge in [0.1, 0.15) is 5.75 Å². The molecule has 70 valence electrons. The Morgan fingerprint density at radius 2 is 2.23 bits per heavy atom. The topological polar surface area (TPSA) is 9.23 Å². The zero-order valence-corrected chi connectivity index (χ0v) is 8.12. The predicted molar refractivity (Wildman–Crippen MR) is 54.0 cm³/mol. The van der Waals surface area contributed by atoms with E-state index in [0.717, 1.165) is 18.3 Å². The fourth-order valence-corrected chi connectivity index (χ4v) is 1.46. The average molecular weight is 176 g/mol. The number of hydrogen-bond acceptors (Lipinski definition) is 1. The summed E-state index contributed by atoms with van der Waals surface area (Å²) >= 11 is 0. The van der Waals surface area contributed by atoms with Crippen molar-refractivity contribution < 1.29 is 4.74 Å². The van der Waals surface area contributed by atoms with Crippen LogP contribution in [0.5, 0.6) is 5.75 Å². The lowest BCUT2D eigenvalue weighted by Gasteiger charge is -2.05. The second-order valence-electron chi connectivity index (χ2n) is 3.90. The maximum absolute atomic E-state index is 5.64. The summed E-state index contributed by atoms with van der Waals surface area (Å²) in [4.78, 5) is 0. The first-order valence-electron chi connectivity index (χ1n) is 5.04. The van der Waals surface area contributed by atoms with Gasteiger partial charge in [0.2, 0.25) is 0 Å². The summed E-state index contributed by atoms with van der Waals surface area (Å²) in [7, 11) is 0. The Morgan fingerprint density at radius 1 is 1.38 bits per heavy atom. The molecule has 0 amide bonds. The third-order valence-corrected chi connectivity index (χ3v) is 2.48. The van der Waals surface area contributed by atoms with E-state index < -0.39 is 0 Å². The molecule has 1 saturated carbocycles. The van der Waals surface area contributed by atoms with E-state index in [1.165, 1.54) is 24.8 Å². The number of benzene rings is 1. The van der Waals surface area contributed by atoms with Gasteiger partial charge in [-0.05, 0) is 37.0 Å². The molecule has 13 heavy (non-hydrogen) atoms. The van der Waals surface area contributed by atoms with E-state index >= 15 is 0 Å². The lowest BCUT2D eigenvalue weighted by molar-refractivity contribution is 0.302. The van der Waals surface area contributed by atoms with Gasteiger partial charge in [0.15, 0.2) is 0 Å². The molecular formula is C12H16O. The zero-order valence-electron chi connectivity index (χ0n) is 8.12. The SMILES string of the molecule is Cc1cccc(OCCC2CC2)c1. The maximum Gasteiger partial charge on any atom is 0.119 e. The first-order valence-corrected chi connectivity index (χ1v) is 5.04. The third kappa shape index (κ3) is 2.76. The van der Waals surface area contributed by atoms with Gasteiger partial charge in [-0.25, -0.2) is 0 Å². The molecule has 0 N–H and O–H groups in total. The van der Waals surface area contributed by atoms with Crippen molar-refractivity contribution in [1.29, 1.82) is 0 Å². The van der Waals surface area contributed by atoms with Gasteiger partial charge in [0, 0.05) is 0 Å². The maximum atomic E-state index is 5.64. The van der Waals surface area contributed by atoms with Crippen LogP contribution in [0.4, 0.5) is 0 Å². The fourth-order valence-electron chi connectivity index (χ4n) is 1.46. The first kappa shape index (κ1) is 8.61. The van der Waals surface area contributed by atoms with E-state index in [1.807, 2.05) is 12.1 Å². The van der Waals surface area contributed by atoms with Gasteiger partial charge in [0.25, 0.3) is 0 Å². The lowest BCUT2D eigenvalue weighted by atomic mass is 10.2. The standard InChI is InChI=1S/C12H16O/c1-10-3-2-4-12(9-10)13-8-7-11-5-6-11/h2-4,9,11H,5-8H2,1H3. The van der Waals surface area contributed by atoms with Crippen molar-refractivity contribution in [3.63, 3.8) is 0 Å². The van der Waals surface area contributed by atoms with Gasteiger partial charge in [-0.2, -0.15) is 0 Å². The van der Waals surface area contributed by atoms with Crippen LogP contribution in [0.15, 0.2) is 24.3 Å². The second-order valence-corrected chi connectivity index (χ2v) is 3.90. The van der Waals surface area contributed by atoms with Gasteiger partial charge < -0.3 is 4.74 Å². The monoisotopic (exact) mass is 176 g/mol. The molecule has 1 aliphatic rings. The highest BCUT2D eigenvalue weighted by Crippen LogP contribution is 2.32. The van der Waals surface area contributed by atoms with Crippen LogP contribution in [0.3, 0.4) is 0 Å². The van der Waals surface area contributed by atoms with E-state index in [-0.39, 0.29) is 0 Å². The summed E-state index contributed by atoms with van der Waals surface area (Å²) in [6, 6.07) is 8.25. The van der Waals surface area contributed by atoms with Crippen LogP contribution in [0.25, 0.3) is 0 Å². The van der Waals surface area contributed by atoms with Crippen molar-refractivity contribution >= 4 is 0 Å². The predicted octanol–water partition coefficient (Wildman–Crippen LogP) is 3.17. The van der Waals surface area contributed by atoms with Crippen molar-refractivity contribution in [3.05, 3.63) is 29.8 Å². The summed E-state index contributed by atoms with van der Waals surface area (Å²) in [5.74, 6) is 1.98. The molecular weight excluding hydrogens is 160 g/mol. The van der Waals surface area contributed by atoms with E-state index in [2.05, 4.69) is 19.1 Å². The molecule has 0 heterocycles. The number of hydrogen-bond donors (Lipinski definition) is 0. The Hall–Kier alpha value is -0.980. The molecule has 0 saturated heterocycles. The highest BCUT2D eigenvalue weighted by molar-refractivity contribution is 5.27. The summed E-state index contributed by atoms with van der Waals surface area (Å²) in [6.07, 6.45) is 4.06. The second kappa shape index (κ2) is 3.82. The number of rotatable bonds is 4. The Kier molecular flexibility index (Phi) is 2.53. The third-order valence-electron chi connectivity index (χ3n) is 2.48. The minimum absolute atomic E-state index is 0.883.